The monoisotopic (exact) mass is 604 g/mol. The molecule has 0 aliphatic carbocycles. The highest BCUT2D eigenvalue weighted by atomic mass is 16.5. The molecule has 4 aromatic rings. The minimum Gasteiger partial charge on any atom is -0.507 e. The number of carbonyl (C=O) groups is 2. The third-order valence-corrected chi connectivity index (χ3v) is 8.15. The summed E-state index contributed by atoms with van der Waals surface area (Å²) in [6.45, 7) is 9.63. The average molecular weight is 605 g/mol. The molecule has 1 heterocycles. The van der Waals surface area contributed by atoms with Crippen LogP contribution in [0.4, 0.5) is 0 Å². The molecule has 1 fully saturated rings. The van der Waals surface area contributed by atoms with Crippen LogP contribution in [-0.4, -0.2) is 52.8 Å². The topological polar surface area (TPSA) is 79.3 Å². The Kier molecular flexibility index (Phi) is 10.3. The molecule has 0 spiro atoms. The van der Waals surface area contributed by atoms with Crippen LogP contribution in [0.25, 0.3) is 5.76 Å². The summed E-state index contributed by atoms with van der Waals surface area (Å²) in [6.07, 6.45) is 0. The van der Waals surface area contributed by atoms with Gasteiger partial charge in [-0.25, -0.2) is 0 Å². The number of aliphatic hydroxyl groups is 1. The first-order valence-electron chi connectivity index (χ1n) is 15.4. The number of aliphatic hydroxyl groups excluding tert-OH is 1. The molecule has 232 valence electrons. The Balaban J connectivity index is 1.41. The zero-order valence-electron chi connectivity index (χ0n) is 26.1. The lowest BCUT2D eigenvalue weighted by molar-refractivity contribution is -0.140. The molecule has 0 radical (unpaired) electrons. The number of ketones is 1. The van der Waals surface area contributed by atoms with Gasteiger partial charge in [0.2, 0.25) is 0 Å². The highest BCUT2D eigenvalue weighted by Gasteiger charge is 2.46. The predicted octanol–water partition coefficient (Wildman–Crippen LogP) is 6.92. The van der Waals surface area contributed by atoms with E-state index in [1.54, 1.807) is 29.2 Å². The molecule has 0 bridgehead atoms. The van der Waals surface area contributed by atoms with Gasteiger partial charge in [0.25, 0.3) is 11.7 Å². The molecule has 0 aromatic heterocycles. The Morgan fingerprint density at radius 2 is 1.38 bits per heavy atom. The van der Waals surface area contributed by atoms with Crippen LogP contribution in [0.15, 0.2) is 109 Å². The maximum absolute atomic E-state index is 13.5. The van der Waals surface area contributed by atoms with Gasteiger partial charge in [0, 0.05) is 18.7 Å². The van der Waals surface area contributed by atoms with E-state index in [9.17, 15) is 14.7 Å². The third-order valence-electron chi connectivity index (χ3n) is 8.15. The quantitative estimate of drug-likeness (QED) is 0.101. The van der Waals surface area contributed by atoms with E-state index in [4.69, 9.17) is 9.47 Å². The summed E-state index contributed by atoms with van der Waals surface area (Å²) in [5.74, 6) is -0.213. The van der Waals surface area contributed by atoms with Crippen molar-refractivity contribution in [1.29, 1.82) is 0 Å². The van der Waals surface area contributed by atoms with E-state index in [-0.39, 0.29) is 11.3 Å². The molecule has 1 saturated heterocycles. The third kappa shape index (κ3) is 7.62. The van der Waals surface area contributed by atoms with Crippen LogP contribution in [0.5, 0.6) is 11.5 Å². The lowest BCUT2D eigenvalue weighted by Gasteiger charge is -2.28. The number of hydrogen-bond acceptors (Lipinski definition) is 6. The number of rotatable bonds is 13. The van der Waals surface area contributed by atoms with Crippen molar-refractivity contribution in [2.75, 3.05) is 26.2 Å². The molecule has 5 rings (SSSR count). The second-order valence-electron chi connectivity index (χ2n) is 11.2. The number of aryl methyl sites for hydroxylation is 1. The van der Waals surface area contributed by atoms with E-state index in [2.05, 4.69) is 24.8 Å². The first-order chi connectivity index (χ1) is 21.9. The number of hydrogen-bond donors (Lipinski definition) is 1. The lowest BCUT2D eigenvalue weighted by Crippen LogP contribution is -2.38. The van der Waals surface area contributed by atoms with Gasteiger partial charge in [-0.1, -0.05) is 86.1 Å². The van der Waals surface area contributed by atoms with Crippen molar-refractivity contribution in [3.8, 4) is 11.5 Å². The largest absolute Gasteiger partial charge is 0.507 e. The highest BCUT2D eigenvalue weighted by Crippen LogP contribution is 2.40. The zero-order valence-corrected chi connectivity index (χ0v) is 26.1. The smallest absolute Gasteiger partial charge is 0.295 e. The molecular weight excluding hydrogens is 564 g/mol. The molecule has 1 aliphatic heterocycles. The number of amides is 1. The Morgan fingerprint density at radius 3 is 2.00 bits per heavy atom. The van der Waals surface area contributed by atoms with Crippen molar-refractivity contribution in [2.24, 2.45) is 0 Å². The molecule has 1 atom stereocenters. The molecule has 1 amide bonds. The summed E-state index contributed by atoms with van der Waals surface area (Å²) in [5, 5.41) is 11.5. The zero-order chi connectivity index (χ0) is 31.8. The van der Waals surface area contributed by atoms with Crippen molar-refractivity contribution >= 4 is 17.4 Å². The maximum Gasteiger partial charge on any atom is 0.295 e. The lowest BCUT2D eigenvalue weighted by atomic mass is 9.95. The fraction of sp³-hybridized carbons (Fsp3) is 0.263. The van der Waals surface area contributed by atoms with Crippen molar-refractivity contribution < 1.29 is 24.2 Å². The molecule has 7 nitrogen and oxygen atoms in total. The Bertz CT molecular complexity index is 1630. The summed E-state index contributed by atoms with van der Waals surface area (Å²) in [4.78, 5) is 30.7. The van der Waals surface area contributed by atoms with E-state index in [0.29, 0.717) is 43.4 Å². The van der Waals surface area contributed by atoms with Crippen LogP contribution in [0, 0.1) is 6.92 Å². The molecule has 1 unspecified atom stereocenters. The molecule has 7 heteroatoms. The summed E-state index contributed by atoms with van der Waals surface area (Å²) >= 11 is 0. The van der Waals surface area contributed by atoms with E-state index in [1.165, 1.54) is 0 Å². The number of likely N-dealkylation sites (tertiary alicyclic amines) is 1. The Morgan fingerprint density at radius 1 is 0.778 bits per heavy atom. The molecule has 1 aliphatic rings. The maximum atomic E-state index is 13.5. The molecule has 1 N–H and O–H groups in total. The minimum atomic E-state index is -0.735. The average Bonchev–Trinajstić information content (AvgIpc) is 3.32. The second-order valence-corrected chi connectivity index (χ2v) is 11.2. The summed E-state index contributed by atoms with van der Waals surface area (Å²) in [6, 6.07) is 31.6. The van der Waals surface area contributed by atoms with Crippen molar-refractivity contribution in [2.45, 2.75) is 40.0 Å². The van der Waals surface area contributed by atoms with E-state index < -0.39 is 17.7 Å². The fourth-order valence-electron chi connectivity index (χ4n) is 5.57. The summed E-state index contributed by atoms with van der Waals surface area (Å²) < 4.78 is 11.9. The van der Waals surface area contributed by atoms with E-state index >= 15 is 0 Å². The van der Waals surface area contributed by atoms with Crippen molar-refractivity contribution in [3.63, 3.8) is 0 Å². The van der Waals surface area contributed by atoms with Gasteiger partial charge in [-0.15, -0.1) is 0 Å². The number of benzene rings is 4. The van der Waals surface area contributed by atoms with Gasteiger partial charge < -0.3 is 24.4 Å². The normalized spacial score (nSPS) is 15.9. The number of nitrogens with zero attached hydrogens (tertiary/aromatic N) is 2. The van der Waals surface area contributed by atoms with Gasteiger partial charge in [-0.05, 0) is 73.1 Å². The van der Waals surface area contributed by atoms with Gasteiger partial charge in [0.1, 0.15) is 30.5 Å². The molecule has 45 heavy (non-hydrogen) atoms. The minimum absolute atomic E-state index is 0.0749. The number of carbonyl (C=O) groups excluding carboxylic acids is 2. The van der Waals surface area contributed by atoms with Gasteiger partial charge in [0.05, 0.1) is 11.6 Å². The SMILES string of the molecule is CCN(CC)CCN1C(=O)C(=O)C(=C(O)c2ccc(OCc3cccc(C)c3)cc2)C1c1ccc(OCc2ccccc2)cc1. The fourth-order valence-corrected chi connectivity index (χ4v) is 5.57. The molecular formula is C38H40N2O5. The van der Waals surface area contributed by atoms with Crippen LogP contribution in [-0.2, 0) is 22.8 Å². The number of ether oxygens (including phenoxy) is 2. The predicted molar refractivity (Wildman–Crippen MR) is 176 cm³/mol. The molecule has 0 saturated carbocycles. The summed E-state index contributed by atoms with van der Waals surface area (Å²) in [7, 11) is 0. The summed E-state index contributed by atoms with van der Waals surface area (Å²) in [5.41, 5.74) is 4.51. The van der Waals surface area contributed by atoms with Crippen molar-refractivity contribution in [1.82, 2.24) is 9.80 Å². The van der Waals surface area contributed by atoms with Gasteiger partial charge >= 0.3 is 0 Å². The van der Waals surface area contributed by atoms with E-state index in [1.807, 2.05) is 79.7 Å². The van der Waals surface area contributed by atoms with Crippen LogP contribution in [0.2, 0.25) is 0 Å². The van der Waals surface area contributed by atoms with Crippen LogP contribution in [0.3, 0.4) is 0 Å². The Hall–Kier alpha value is -4.88. The first kappa shape index (κ1) is 31.5. The van der Waals surface area contributed by atoms with Crippen molar-refractivity contribution in [3.05, 3.63) is 137 Å². The van der Waals surface area contributed by atoms with Gasteiger partial charge in [-0.3, -0.25) is 9.59 Å². The first-order valence-corrected chi connectivity index (χ1v) is 15.4. The van der Waals surface area contributed by atoms with E-state index in [0.717, 1.165) is 35.3 Å². The molecule has 4 aromatic carbocycles. The van der Waals surface area contributed by atoms with Gasteiger partial charge in [0.15, 0.2) is 0 Å². The van der Waals surface area contributed by atoms with Crippen LogP contribution < -0.4 is 9.47 Å². The Labute approximate surface area is 265 Å². The van der Waals surface area contributed by atoms with Crippen LogP contribution in [0.1, 0.15) is 47.7 Å². The second kappa shape index (κ2) is 14.7. The van der Waals surface area contributed by atoms with Gasteiger partial charge in [-0.2, -0.15) is 0 Å². The number of Topliss-reactive ketones (excluding diaryl/α,β-unsaturated/α-hetero) is 1. The van der Waals surface area contributed by atoms with Crippen LogP contribution >= 0.6 is 0 Å². The number of likely N-dealkylation sites (N-methyl/N-ethyl adjacent to an activating group) is 1. The highest BCUT2D eigenvalue weighted by molar-refractivity contribution is 6.46. The standard InChI is InChI=1S/C38H40N2O5/c1-4-39(5-2)22-23-40-35(30-14-18-32(19-15-30)44-25-28-11-7-6-8-12-28)34(37(42)38(40)43)36(41)31-16-20-33(21-17-31)45-26-29-13-9-10-27(3)24-29/h6-21,24,35,41H,4-5,22-23,25-26H2,1-3H3.